The van der Waals surface area contributed by atoms with Gasteiger partial charge in [-0.1, -0.05) is 17.7 Å². The van der Waals surface area contributed by atoms with E-state index in [1.807, 2.05) is 26.0 Å². The number of thiazole rings is 1. The molecule has 0 bridgehead atoms. The number of benzene rings is 2. The van der Waals surface area contributed by atoms with Crippen LogP contribution in [0.15, 0.2) is 41.8 Å². The topological polar surface area (TPSA) is 79.4 Å². The van der Waals surface area contributed by atoms with Crippen LogP contribution in [0.3, 0.4) is 0 Å². The summed E-state index contributed by atoms with van der Waals surface area (Å²) in [5.74, 6) is -0.981. The van der Waals surface area contributed by atoms with Crippen molar-refractivity contribution in [3.05, 3.63) is 75.3 Å². The van der Waals surface area contributed by atoms with Crippen LogP contribution >= 0.6 is 22.9 Å². The molecule has 2 heterocycles. The van der Waals surface area contributed by atoms with Crippen LogP contribution in [0.5, 0.6) is 0 Å². The molecule has 2 aromatic carbocycles. The van der Waals surface area contributed by atoms with Crippen molar-refractivity contribution in [1.29, 1.82) is 0 Å². The van der Waals surface area contributed by atoms with E-state index in [4.69, 9.17) is 11.6 Å². The van der Waals surface area contributed by atoms with Gasteiger partial charge < -0.3 is 0 Å². The summed E-state index contributed by atoms with van der Waals surface area (Å²) in [4.78, 5) is 43.7. The van der Waals surface area contributed by atoms with Crippen molar-refractivity contribution in [2.24, 2.45) is 0 Å². The molecule has 29 heavy (non-hydrogen) atoms. The van der Waals surface area contributed by atoms with Gasteiger partial charge in [0.15, 0.2) is 5.13 Å². The Balaban J connectivity index is 1.63. The monoisotopic (exact) mass is 425 g/mol. The molecule has 3 aromatic rings. The number of alkyl halides is 1. The van der Waals surface area contributed by atoms with Gasteiger partial charge in [0.25, 0.3) is 17.7 Å². The number of imide groups is 1. The summed E-state index contributed by atoms with van der Waals surface area (Å²) in [6.45, 7) is 3.80. The zero-order chi connectivity index (χ0) is 20.7. The Bertz CT molecular complexity index is 1170. The third kappa shape index (κ3) is 3.43. The lowest BCUT2D eigenvalue weighted by molar-refractivity contribution is 0.0925. The number of aromatic nitrogens is 1. The van der Waals surface area contributed by atoms with Crippen LogP contribution in [0.25, 0.3) is 0 Å². The van der Waals surface area contributed by atoms with Crippen LogP contribution in [0, 0.1) is 13.8 Å². The Kier molecular flexibility index (Phi) is 4.94. The van der Waals surface area contributed by atoms with Crippen LogP contribution in [0.2, 0.25) is 0 Å². The maximum Gasteiger partial charge on any atom is 0.266 e. The maximum atomic E-state index is 13.0. The summed E-state index contributed by atoms with van der Waals surface area (Å²) in [7, 11) is 0. The van der Waals surface area contributed by atoms with Gasteiger partial charge in [0.1, 0.15) is 0 Å². The number of amides is 3. The van der Waals surface area contributed by atoms with E-state index in [-0.39, 0.29) is 22.6 Å². The Hall–Kier alpha value is -3.03. The molecular formula is C21H16ClN3O3S. The van der Waals surface area contributed by atoms with E-state index >= 15 is 0 Å². The minimum absolute atomic E-state index is 0.211. The van der Waals surface area contributed by atoms with Crippen LogP contribution in [-0.2, 0) is 5.88 Å². The molecule has 1 aliphatic rings. The second-order valence-corrected chi connectivity index (χ2v) is 7.85. The van der Waals surface area contributed by atoms with E-state index < -0.39 is 17.7 Å². The number of carbonyl (C=O) groups is 3. The molecule has 0 saturated carbocycles. The van der Waals surface area contributed by atoms with Crippen LogP contribution in [0.1, 0.15) is 47.9 Å². The largest absolute Gasteiger partial charge is 0.298 e. The van der Waals surface area contributed by atoms with Gasteiger partial charge in [-0.3, -0.25) is 19.7 Å². The average Bonchev–Trinajstić information content (AvgIpc) is 3.25. The van der Waals surface area contributed by atoms with Gasteiger partial charge in [-0.15, -0.1) is 22.9 Å². The van der Waals surface area contributed by atoms with Gasteiger partial charge in [-0.2, -0.15) is 0 Å². The number of carbonyl (C=O) groups excluding carboxylic acids is 3. The van der Waals surface area contributed by atoms with Crippen molar-refractivity contribution in [3.8, 4) is 0 Å². The van der Waals surface area contributed by atoms with Crippen LogP contribution in [0.4, 0.5) is 10.8 Å². The van der Waals surface area contributed by atoms with E-state index in [0.717, 1.165) is 16.0 Å². The van der Waals surface area contributed by atoms with Gasteiger partial charge in [0.05, 0.1) is 28.4 Å². The summed E-state index contributed by atoms with van der Waals surface area (Å²) in [5, 5.41) is 4.87. The van der Waals surface area contributed by atoms with E-state index in [1.165, 1.54) is 29.5 Å². The molecule has 0 saturated heterocycles. The molecule has 0 radical (unpaired) electrons. The van der Waals surface area contributed by atoms with Crippen molar-refractivity contribution in [3.63, 3.8) is 0 Å². The molecule has 0 aliphatic carbocycles. The van der Waals surface area contributed by atoms with Crippen LogP contribution in [-0.4, -0.2) is 22.7 Å². The number of anilines is 2. The van der Waals surface area contributed by atoms with Gasteiger partial charge >= 0.3 is 0 Å². The van der Waals surface area contributed by atoms with E-state index in [9.17, 15) is 14.4 Å². The molecule has 3 amide bonds. The number of hydrogen-bond acceptors (Lipinski definition) is 5. The molecule has 146 valence electrons. The highest BCUT2D eigenvalue weighted by Crippen LogP contribution is 2.31. The van der Waals surface area contributed by atoms with E-state index in [0.29, 0.717) is 16.5 Å². The number of aryl methyl sites for hydroxylation is 2. The first-order valence-corrected chi connectivity index (χ1v) is 10.2. The molecule has 1 N–H and O–H groups in total. The van der Waals surface area contributed by atoms with Crippen LogP contribution < -0.4 is 10.2 Å². The Morgan fingerprint density at radius 3 is 2.55 bits per heavy atom. The van der Waals surface area contributed by atoms with Crippen molar-refractivity contribution in [2.75, 3.05) is 10.2 Å². The normalized spacial score (nSPS) is 13.0. The molecule has 0 fully saturated rings. The summed E-state index contributed by atoms with van der Waals surface area (Å²) >= 11 is 7.00. The third-order valence-corrected chi connectivity index (χ3v) is 5.73. The fourth-order valence-electron chi connectivity index (χ4n) is 3.25. The summed E-state index contributed by atoms with van der Waals surface area (Å²) in [6, 6.07) is 10.0. The molecule has 0 unspecified atom stereocenters. The molecule has 8 heteroatoms. The Labute approximate surface area is 176 Å². The zero-order valence-electron chi connectivity index (χ0n) is 15.7. The summed E-state index contributed by atoms with van der Waals surface area (Å²) < 4.78 is 0. The predicted molar refractivity (Wildman–Crippen MR) is 113 cm³/mol. The number of nitrogens with zero attached hydrogens (tertiary/aromatic N) is 2. The zero-order valence-corrected chi connectivity index (χ0v) is 17.2. The van der Waals surface area contributed by atoms with Gasteiger partial charge in [0.2, 0.25) is 0 Å². The van der Waals surface area contributed by atoms with Gasteiger partial charge in [0, 0.05) is 10.9 Å². The lowest BCUT2D eigenvalue weighted by Gasteiger charge is -2.16. The number of halogens is 1. The molecular weight excluding hydrogens is 410 g/mol. The lowest BCUT2D eigenvalue weighted by atomic mass is 10.1. The van der Waals surface area contributed by atoms with E-state index in [1.54, 1.807) is 11.4 Å². The van der Waals surface area contributed by atoms with Crippen molar-refractivity contribution < 1.29 is 14.4 Å². The number of hydrogen-bond donors (Lipinski definition) is 1. The summed E-state index contributed by atoms with van der Waals surface area (Å²) in [6.07, 6.45) is 0. The second kappa shape index (κ2) is 7.42. The molecule has 4 rings (SSSR count). The van der Waals surface area contributed by atoms with Crippen molar-refractivity contribution >= 4 is 51.5 Å². The molecule has 0 atom stereocenters. The number of fused-ring (bicyclic) bond motifs is 1. The lowest BCUT2D eigenvalue weighted by Crippen LogP contribution is -2.30. The third-order valence-electron chi connectivity index (χ3n) is 4.65. The van der Waals surface area contributed by atoms with Gasteiger partial charge in [-0.05, 0) is 43.7 Å². The first-order chi connectivity index (χ1) is 13.9. The average molecular weight is 426 g/mol. The molecule has 1 aromatic heterocycles. The smallest absolute Gasteiger partial charge is 0.266 e. The minimum Gasteiger partial charge on any atom is -0.298 e. The maximum absolute atomic E-state index is 13.0. The Morgan fingerprint density at radius 1 is 1.10 bits per heavy atom. The highest BCUT2D eigenvalue weighted by Gasteiger charge is 2.37. The van der Waals surface area contributed by atoms with Crippen molar-refractivity contribution in [2.45, 2.75) is 19.7 Å². The fraction of sp³-hybridized carbons (Fsp3) is 0.143. The Morgan fingerprint density at radius 2 is 1.86 bits per heavy atom. The standard InChI is InChI=1S/C21H16ClN3O3S/c1-11-3-6-17(12(2)7-11)25-19(27)15-5-4-13(8-16(15)20(25)28)18(26)24-21-23-14(9-22)10-29-21/h3-8,10H,9H2,1-2H3,(H,23,24,26). The summed E-state index contributed by atoms with van der Waals surface area (Å²) in [5.41, 5.74) is 3.86. The first kappa shape index (κ1) is 19.3. The fourth-order valence-corrected chi connectivity index (χ4v) is 4.19. The van der Waals surface area contributed by atoms with E-state index in [2.05, 4.69) is 10.3 Å². The quantitative estimate of drug-likeness (QED) is 0.491. The second-order valence-electron chi connectivity index (χ2n) is 6.73. The minimum atomic E-state index is -0.440. The van der Waals surface area contributed by atoms with Crippen molar-refractivity contribution in [1.82, 2.24) is 4.98 Å². The SMILES string of the molecule is Cc1ccc(N2C(=O)c3ccc(C(=O)Nc4nc(CCl)cs4)cc3C2=O)c(C)c1. The van der Waals surface area contributed by atoms with Gasteiger partial charge in [-0.25, -0.2) is 9.88 Å². The molecule has 0 spiro atoms. The first-order valence-electron chi connectivity index (χ1n) is 8.81. The highest BCUT2D eigenvalue weighted by molar-refractivity contribution is 7.14. The molecule has 1 aliphatic heterocycles. The molecule has 6 nitrogen and oxygen atoms in total. The number of nitrogens with one attached hydrogen (secondary N) is 1. The highest BCUT2D eigenvalue weighted by atomic mass is 35.5. The predicted octanol–water partition coefficient (Wildman–Crippen LogP) is 4.55. The number of rotatable bonds is 4.